The van der Waals surface area contributed by atoms with E-state index in [4.69, 9.17) is 10.2 Å². The molecule has 1 fully saturated rings. The van der Waals surface area contributed by atoms with Crippen LogP contribution in [0.1, 0.15) is 6.42 Å². The Hall–Kier alpha value is -0.220. The zero-order chi connectivity index (χ0) is 8.27. The highest BCUT2D eigenvalue weighted by atomic mass is 32.2. The fourth-order valence-electron chi connectivity index (χ4n) is 1.27. The number of carboxylic acid groups (broad SMARTS) is 1. The van der Waals surface area contributed by atoms with Gasteiger partial charge in [-0.15, -0.1) is 0 Å². The van der Waals surface area contributed by atoms with E-state index in [-0.39, 0.29) is 18.4 Å². The van der Waals surface area contributed by atoms with Crippen molar-refractivity contribution in [2.45, 2.75) is 6.42 Å². The highest BCUT2D eigenvalue weighted by Crippen LogP contribution is 2.28. The molecular weight excluding hydrogens is 164 g/mol. The van der Waals surface area contributed by atoms with Crippen molar-refractivity contribution in [2.75, 3.05) is 18.1 Å². The summed E-state index contributed by atoms with van der Waals surface area (Å²) in [6.07, 6.45) is 0.831. The predicted octanol–water partition coefficient (Wildman–Crippen LogP) is 0.433. The van der Waals surface area contributed by atoms with Gasteiger partial charge in [0, 0.05) is 12.4 Å². The van der Waals surface area contributed by atoms with Gasteiger partial charge in [0.25, 0.3) is 0 Å². The maximum Gasteiger partial charge on any atom is 0.307 e. The quantitative estimate of drug-likeness (QED) is 0.640. The number of thioether (sulfide) groups is 1. The molecule has 4 heteroatoms. The molecule has 0 aromatic heterocycles. The van der Waals surface area contributed by atoms with Crippen molar-refractivity contribution in [1.29, 1.82) is 0 Å². The molecule has 2 N–H and O–H groups in total. The van der Waals surface area contributed by atoms with Crippen LogP contribution in [0.15, 0.2) is 0 Å². The lowest BCUT2D eigenvalue weighted by Gasteiger charge is -2.26. The maximum absolute atomic E-state index is 10.6. The molecule has 0 bridgehead atoms. The summed E-state index contributed by atoms with van der Waals surface area (Å²) in [7, 11) is 0. The lowest BCUT2D eigenvalue weighted by molar-refractivity contribution is -0.143. The monoisotopic (exact) mass is 176 g/mol. The van der Waals surface area contributed by atoms with Crippen molar-refractivity contribution >= 4 is 17.7 Å². The first-order valence-electron chi connectivity index (χ1n) is 3.67. The molecule has 2 atom stereocenters. The van der Waals surface area contributed by atoms with Crippen LogP contribution >= 0.6 is 11.8 Å². The second kappa shape index (κ2) is 3.97. The van der Waals surface area contributed by atoms with E-state index in [9.17, 15) is 4.79 Å². The molecule has 0 amide bonds. The minimum Gasteiger partial charge on any atom is -0.481 e. The second-order valence-corrected chi connectivity index (χ2v) is 3.90. The van der Waals surface area contributed by atoms with E-state index in [1.165, 1.54) is 0 Å². The van der Waals surface area contributed by atoms with Crippen molar-refractivity contribution in [1.82, 2.24) is 0 Å². The molecule has 0 aromatic carbocycles. The van der Waals surface area contributed by atoms with E-state index >= 15 is 0 Å². The smallest absolute Gasteiger partial charge is 0.307 e. The third-order valence-electron chi connectivity index (χ3n) is 2.05. The number of hydrogen-bond donors (Lipinski definition) is 2. The van der Waals surface area contributed by atoms with Crippen LogP contribution in [0.25, 0.3) is 0 Å². The van der Waals surface area contributed by atoms with Gasteiger partial charge >= 0.3 is 5.97 Å². The summed E-state index contributed by atoms with van der Waals surface area (Å²) < 4.78 is 0. The number of carbonyl (C=O) groups is 1. The summed E-state index contributed by atoms with van der Waals surface area (Å²) in [5.41, 5.74) is 0. The Kier molecular flexibility index (Phi) is 3.20. The Morgan fingerprint density at radius 3 is 2.82 bits per heavy atom. The van der Waals surface area contributed by atoms with Crippen LogP contribution in [-0.4, -0.2) is 34.3 Å². The van der Waals surface area contributed by atoms with Gasteiger partial charge in [-0.3, -0.25) is 4.79 Å². The minimum absolute atomic E-state index is 0.0114. The lowest BCUT2D eigenvalue weighted by Crippen LogP contribution is -2.31. The Morgan fingerprint density at radius 2 is 2.36 bits per heavy atom. The minimum atomic E-state index is -0.767. The Labute approximate surface area is 69.8 Å². The second-order valence-electron chi connectivity index (χ2n) is 2.75. The number of aliphatic hydroxyl groups excluding tert-OH is 1. The number of carboxylic acids is 1. The van der Waals surface area contributed by atoms with Crippen LogP contribution in [0.5, 0.6) is 0 Å². The number of hydrogen-bond acceptors (Lipinski definition) is 3. The van der Waals surface area contributed by atoms with Gasteiger partial charge in [0.1, 0.15) is 0 Å². The SMILES string of the molecule is O=C(O)C1CSCCC1CO. The van der Waals surface area contributed by atoms with Crippen molar-refractivity contribution in [3.05, 3.63) is 0 Å². The average molecular weight is 176 g/mol. The van der Waals surface area contributed by atoms with Crippen LogP contribution < -0.4 is 0 Å². The topological polar surface area (TPSA) is 57.5 Å². The van der Waals surface area contributed by atoms with Gasteiger partial charge in [0.15, 0.2) is 0 Å². The molecule has 1 saturated heterocycles. The van der Waals surface area contributed by atoms with Gasteiger partial charge in [0.2, 0.25) is 0 Å². The van der Waals surface area contributed by atoms with Crippen LogP contribution in [-0.2, 0) is 4.79 Å². The molecule has 1 aliphatic rings. The van der Waals surface area contributed by atoms with E-state index in [2.05, 4.69) is 0 Å². The largest absolute Gasteiger partial charge is 0.481 e. The van der Waals surface area contributed by atoms with E-state index in [0.717, 1.165) is 12.2 Å². The summed E-state index contributed by atoms with van der Waals surface area (Å²) in [6.45, 7) is 0.0114. The Morgan fingerprint density at radius 1 is 1.64 bits per heavy atom. The molecule has 0 aliphatic carbocycles. The molecule has 1 aliphatic heterocycles. The van der Waals surface area contributed by atoms with E-state index in [1.54, 1.807) is 11.8 Å². The van der Waals surface area contributed by atoms with E-state index in [1.807, 2.05) is 0 Å². The fourth-order valence-corrected chi connectivity index (χ4v) is 2.58. The number of aliphatic carboxylic acids is 1. The predicted molar refractivity (Wildman–Crippen MR) is 43.6 cm³/mol. The molecule has 1 heterocycles. The Balaban J connectivity index is 2.51. The molecule has 0 spiro atoms. The molecule has 1 rings (SSSR count). The first kappa shape index (κ1) is 8.87. The van der Waals surface area contributed by atoms with E-state index in [0.29, 0.717) is 5.75 Å². The van der Waals surface area contributed by atoms with Crippen molar-refractivity contribution in [3.8, 4) is 0 Å². The normalized spacial score (nSPS) is 31.7. The van der Waals surface area contributed by atoms with Crippen molar-refractivity contribution < 1.29 is 15.0 Å². The van der Waals surface area contributed by atoms with Crippen LogP contribution in [0.2, 0.25) is 0 Å². The highest BCUT2D eigenvalue weighted by molar-refractivity contribution is 7.99. The maximum atomic E-state index is 10.6. The van der Waals surface area contributed by atoms with Gasteiger partial charge in [-0.1, -0.05) is 0 Å². The lowest BCUT2D eigenvalue weighted by atomic mass is 9.92. The molecule has 0 radical (unpaired) electrons. The molecule has 2 unspecified atom stereocenters. The van der Waals surface area contributed by atoms with Crippen molar-refractivity contribution in [2.24, 2.45) is 11.8 Å². The third-order valence-corrected chi connectivity index (χ3v) is 3.17. The van der Waals surface area contributed by atoms with Gasteiger partial charge in [-0.25, -0.2) is 0 Å². The zero-order valence-corrected chi connectivity index (χ0v) is 7.01. The van der Waals surface area contributed by atoms with Gasteiger partial charge < -0.3 is 10.2 Å². The van der Waals surface area contributed by atoms with Crippen molar-refractivity contribution in [3.63, 3.8) is 0 Å². The van der Waals surface area contributed by atoms with Gasteiger partial charge in [-0.05, 0) is 18.1 Å². The third kappa shape index (κ3) is 2.10. The summed E-state index contributed by atoms with van der Waals surface area (Å²) >= 11 is 1.66. The number of aliphatic hydroxyl groups is 1. The molecule has 0 aromatic rings. The Bertz CT molecular complexity index is 149. The molecule has 64 valence electrons. The van der Waals surface area contributed by atoms with Crippen LogP contribution in [0.3, 0.4) is 0 Å². The molecule has 3 nitrogen and oxygen atoms in total. The summed E-state index contributed by atoms with van der Waals surface area (Å²) in [5.74, 6) is 0.513. The summed E-state index contributed by atoms with van der Waals surface area (Å²) in [5, 5.41) is 17.6. The average Bonchev–Trinajstić information content (AvgIpc) is 2.04. The molecule has 0 saturated carbocycles. The van der Waals surface area contributed by atoms with Gasteiger partial charge in [0.05, 0.1) is 5.92 Å². The van der Waals surface area contributed by atoms with Crippen LogP contribution in [0, 0.1) is 11.8 Å². The fraction of sp³-hybridized carbons (Fsp3) is 0.857. The standard InChI is InChI=1S/C7H12O3S/c8-3-5-1-2-11-4-6(5)7(9)10/h5-6,8H,1-4H2,(H,9,10). The zero-order valence-electron chi connectivity index (χ0n) is 6.19. The molecular formula is C7H12O3S. The highest BCUT2D eigenvalue weighted by Gasteiger charge is 2.30. The van der Waals surface area contributed by atoms with Crippen LogP contribution in [0.4, 0.5) is 0 Å². The van der Waals surface area contributed by atoms with E-state index < -0.39 is 5.97 Å². The first-order valence-corrected chi connectivity index (χ1v) is 4.82. The first-order chi connectivity index (χ1) is 5.25. The summed E-state index contributed by atoms with van der Waals surface area (Å²) in [4.78, 5) is 10.6. The number of rotatable bonds is 2. The van der Waals surface area contributed by atoms with Gasteiger partial charge in [-0.2, -0.15) is 11.8 Å². The summed E-state index contributed by atoms with van der Waals surface area (Å²) in [6, 6.07) is 0. The molecule has 11 heavy (non-hydrogen) atoms.